The van der Waals surface area contributed by atoms with E-state index in [4.69, 9.17) is 33.3 Å². The van der Waals surface area contributed by atoms with E-state index in [1.54, 1.807) is 24.3 Å². The third-order valence-corrected chi connectivity index (χ3v) is 6.67. The van der Waals surface area contributed by atoms with Gasteiger partial charge in [0.25, 0.3) is 11.8 Å². The number of thiocarbonyl (C=S) groups is 1. The van der Waals surface area contributed by atoms with E-state index in [1.165, 1.54) is 19.1 Å². The second-order valence-corrected chi connectivity index (χ2v) is 8.84. The topological polar surface area (TPSA) is 72.8 Å². The molecule has 0 saturated carbocycles. The lowest BCUT2D eigenvalue weighted by Gasteiger charge is -2.30. The highest BCUT2D eigenvalue weighted by Crippen LogP contribution is 2.35. The van der Waals surface area contributed by atoms with Crippen LogP contribution in [0.4, 0.5) is 5.69 Å². The number of rotatable bonds is 5. The highest BCUT2D eigenvalue weighted by molar-refractivity contribution is 7.80. The molecule has 9 heteroatoms. The Morgan fingerprint density at radius 2 is 1.74 bits per heavy atom. The van der Waals surface area contributed by atoms with Gasteiger partial charge in [-0.2, -0.15) is 0 Å². The maximum atomic E-state index is 13.5. The second kappa shape index (κ2) is 9.56. The van der Waals surface area contributed by atoms with Gasteiger partial charge in [-0.05, 0) is 80.5 Å². The number of anilines is 1. The van der Waals surface area contributed by atoms with Gasteiger partial charge in [0.1, 0.15) is 17.1 Å². The minimum absolute atomic E-state index is 0.0272. The zero-order valence-corrected chi connectivity index (χ0v) is 21.5. The molecule has 3 aromatic rings. The van der Waals surface area contributed by atoms with Crippen LogP contribution in [0.15, 0.2) is 48.0 Å². The van der Waals surface area contributed by atoms with E-state index in [9.17, 15) is 9.59 Å². The first-order valence-electron chi connectivity index (χ1n) is 10.8. The van der Waals surface area contributed by atoms with Gasteiger partial charge >= 0.3 is 0 Å². The molecule has 2 heterocycles. The number of aromatic nitrogens is 1. The first-order chi connectivity index (χ1) is 16.7. The molecule has 2 aromatic carbocycles. The van der Waals surface area contributed by atoms with Gasteiger partial charge in [-0.15, -0.1) is 0 Å². The number of aryl methyl sites for hydroxylation is 1. The number of methoxy groups -OCH3 is 2. The standard InChI is InChI=1S/C26H24ClN3O4S/c1-14-11-17(16(3)29(14)21-8-6-7-20(27)15(21)2)12-19-24(31)28-26(35)30(25(19)32)22-10-9-18(33-4)13-23(22)34-5/h6-13H,1-5H3,(H,28,31,35)/b19-12+. The lowest BCUT2D eigenvalue weighted by Crippen LogP contribution is -2.54. The summed E-state index contributed by atoms with van der Waals surface area (Å²) < 4.78 is 12.7. The highest BCUT2D eigenvalue weighted by Gasteiger charge is 2.36. The van der Waals surface area contributed by atoms with Crippen molar-refractivity contribution in [3.8, 4) is 17.2 Å². The number of halogens is 1. The number of carbonyl (C=O) groups is 2. The first kappa shape index (κ1) is 24.5. The first-order valence-corrected chi connectivity index (χ1v) is 11.5. The number of hydrogen-bond donors (Lipinski definition) is 1. The molecule has 1 aliphatic heterocycles. The fraction of sp³-hybridized carbons (Fsp3) is 0.192. The van der Waals surface area contributed by atoms with E-state index in [1.807, 2.05) is 49.6 Å². The lowest BCUT2D eigenvalue weighted by atomic mass is 10.1. The molecule has 7 nitrogen and oxygen atoms in total. The molecule has 0 unspecified atom stereocenters. The van der Waals surface area contributed by atoms with E-state index >= 15 is 0 Å². The van der Waals surface area contributed by atoms with Gasteiger partial charge in [-0.25, -0.2) is 4.90 Å². The number of nitrogens with zero attached hydrogens (tertiary/aromatic N) is 2. The van der Waals surface area contributed by atoms with Gasteiger partial charge in [0, 0.05) is 28.2 Å². The Balaban J connectivity index is 1.80. The summed E-state index contributed by atoms with van der Waals surface area (Å²) in [6, 6.07) is 12.6. The number of ether oxygens (including phenoxy) is 2. The smallest absolute Gasteiger partial charge is 0.270 e. The normalized spacial score (nSPS) is 15.0. The average molecular weight is 510 g/mol. The SMILES string of the molecule is COc1ccc(N2C(=O)/C(=C/c3cc(C)n(-c4cccc(Cl)c4C)c3C)C(=O)NC2=S)c(OC)c1. The number of amides is 2. The quantitative estimate of drug-likeness (QED) is 0.301. The summed E-state index contributed by atoms with van der Waals surface area (Å²) in [4.78, 5) is 27.6. The Morgan fingerprint density at radius 1 is 1.00 bits per heavy atom. The Kier molecular flexibility index (Phi) is 6.69. The monoisotopic (exact) mass is 509 g/mol. The highest BCUT2D eigenvalue weighted by atomic mass is 35.5. The molecule has 1 aromatic heterocycles. The molecule has 0 spiro atoms. The van der Waals surface area contributed by atoms with Crippen LogP contribution in [0.3, 0.4) is 0 Å². The van der Waals surface area contributed by atoms with Crippen LogP contribution in [0.25, 0.3) is 11.8 Å². The summed E-state index contributed by atoms with van der Waals surface area (Å²) in [6.45, 7) is 5.84. The molecule has 1 N–H and O–H groups in total. The zero-order valence-electron chi connectivity index (χ0n) is 19.9. The average Bonchev–Trinajstić information content (AvgIpc) is 3.11. The lowest BCUT2D eigenvalue weighted by molar-refractivity contribution is -0.122. The molecule has 0 aliphatic carbocycles. The van der Waals surface area contributed by atoms with Crippen molar-refractivity contribution in [3.63, 3.8) is 0 Å². The summed E-state index contributed by atoms with van der Waals surface area (Å²) in [5, 5.41) is 3.25. The van der Waals surface area contributed by atoms with Crippen molar-refractivity contribution in [3.05, 3.63) is 75.6 Å². The molecular weight excluding hydrogens is 486 g/mol. The van der Waals surface area contributed by atoms with Gasteiger partial charge in [0.05, 0.1) is 19.9 Å². The van der Waals surface area contributed by atoms with Crippen LogP contribution in [0, 0.1) is 20.8 Å². The predicted molar refractivity (Wildman–Crippen MR) is 141 cm³/mol. The van der Waals surface area contributed by atoms with Gasteiger partial charge in [-0.1, -0.05) is 17.7 Å². The molecule has 1 aliphatic rings. The molecule has 0 atom stereocenters. The molecular formula is C26H24ClN3O4S. The Labute approximate surface area is 213 Å². The zero-order chi connectivity index (χ0) is 25.4. The fourth-order valence-corrected chi connectivity index (χ4v) is 4.59. The molecule has 180 valence electrons. The van der Waals surface area contributed by atoms with Crippen molar-refractivity contribution in [1.82, 2.24) is 9.88 Å². The number of benzene rings is 2. The van der Waals surface area contributed by atoms with Crippen LogP contribution in [0.1, 0.15) is 22.5 Å². The Bertz CT molecular complexity index is 1410. The van der Waals surface area contributed by atoms with E-state index in [2.05, 4.69) is 5.32 Å². The molecule has 1 saturated heterocycles. The van der Waals surface area contributed by atoms with E-state index in [-0.39, 0.29) is 10.7 Å². The van der Waals surface area contributed by atoms with Crippen molar-refractivity contribution < 1.29 is 19.1 Å². The van der Waals surface area contributed by atoms with E-state index < -0.39 is 11.8 Å². The Hall–Kier alpha value is -3.62. The third kappa shape index (κ3) is 4.31. The minimum atomic E-state index is -0.563. The van der Waals surface area contributed by atoms with Crippen LogP contribution in [0.2, 0.25) is 5.02 Å². The maximum Gasteiger partial charge on any atom is 0.270 e. The summed E-state index contributed by atoms with van der Waals surface area (Å²) in [7, 11) is 3.02. The predicted octanol–water partition coefficient (Wildman–Crippen LogP) is 4.90. The minimum Gasteiger partial charge on any atom is -0.497 e. The van der Waals surface area contributed by atoms with Crippen molar-refractivity contribution in [2.24, 2.45) is 0 Å². The van der Waals surface area contributed by atoms with Crippen molar-refractivity contribution in [1.29, 1.82) is 0 Å². The third-order valence-electron chi connectivity index (χ3n) is 5.98. The summed E-state index contributed by atoms with van der Waals surface area (Å²) in [6.07, 6.45) is 1.58. The van der Waals surface area contributed by atoms with Crippen molar-refractivity contribution in [2.75, 3.05) is 19.1 Å². The number of nitrogens with one attached hydrogen (secondary N) is 1. The number of carbonyl (C=O) groups excluding carboxylic acids is 2. The Morgan fingerprint density at radius 3 is 2.43 bits per heavy atom. The van der Waals surface area contributed by atoms with Gasteiger partial charge < -0.3 is 14.0 Å². The van der Waals surface area contributed by atoms with Crippen LogP contribution in [0.5, 0.6) is 11.5 Å². The van der Waals surface area contributed by atoms with Gasteiger partial charge in [0.2, 0.25) is 0 Å². The van der Waals surface area contributed by atoms with Crippen LogP contribution in [-0.4, -0.2) is 35.7 Å². The van der Waals surface area contributed by atoms with Crippen LogP contribution < -0.4 is 19.7 Å². The van der Waals surface area contributed by atoms with E-state index in [0.717, 1.165) is 28.2 Å². The molecule has 0 radical (unpaired) electrons. The van der Waals surface area contributed by atoms with E-state index in [0.29, 0.717) is 22.2 Å². The van der Waals surface area contributed by atoms with Gasteiger partial charge in [-0.3, -0.25) is 14.9 Å². The fourth-order valence-electron chi connectivity index (χ4n) is 4.14. The second-order valence-electron chi connectivity index (χ2n) is 8.04. The molecule has 1 fully saturated rings. The van der Waals surface area contributed by atoms with Crippen molar-refractivity contribution in [2.45, 2.75) is 20.8 Å². The molecule has 0 bridgehead atoms. The molecule has 4 rings (SSSR count). The summed E-state index contributed by atoms with van der Waals surface area (Å²) in [5.41, 5.74) is 4.76. The van der Waals surface area contributed by atoms with Crippen LogP contribution >= 0.6 is 23.8 Å². The number of hydrogen-bond acceptors (Lipinski definition) is 5. The largest absolute Gasteiger partial charge is 0.497 e. The summed E-state index contributed by atoms with van der Waals surface area (Å²) in [5.74, 6) is -0.173. The summed E-state index contributed by atoms with van der Waals surface area (Å²) >= 11 is 11.7. The molecule has 2 amide bonds. The van der Waals surface area contributed by atoms with Crippen LogP contribution in [-0.2, 0) is 9.59 Å². The maximum absolute atomic E-state index is 13.5. The molecule has 35 heavy (non-hydrogen) atoms. The van der Waals surface area contributed by atoms with Crippen molar-refractivity contribution >= 4 is 52.5 Å². The van der Waals surface area contributed by atoms with Gasteiger partial charge in [0.15, 0.2) is 5.11 Å².